The number of fused-ring (bicyclic) bond motifs is 2. The van der Waals surface area contributed by atoms with Crippen LogP contribution in [-0.4, -0.2) is 18.7 Å². The molecule has 0 radical (unpaired) electrons. The van der Waals surface area contributed by atoms with Crippen LogP contribution in [0.5, 0.6) is 0 Å². The van der Waals surface area contributed by atoms with Crippen molar-refractivity contribution in [3.05, 3.63) is 34.1 Å². The molecule has 3 rings (SSSR count). The fourth-order valence-corrected chi connectivity index (χ4v) is 4.46. The van der Waals surface area contributed by atoms with E-state index in [1.54, 1.807) is 0 Å². The number of ether oxygens (including phenoxy) is 1. The first-order valence-corrected chi connectivity index (χ1v) is 8.17. The van der Waals surface area contributed by atoms with Gasteiger partial charge in [0.1, 0.15) is 0 Å². The van der Waals surface area contributed by atoms with Crippen LogP contribution in [0.2, 0.25) is 0 Å². The van der Waals surface area contributed by atoms with E-state index in [2.05, 4.69) is 13.8 Å². The molecule has 0 spiro atoms. The van der Waals surface area contributed by atoms with Crippen LogP contribution in [-0.2, 0) is 14.3 Å². The molecule has 2 unspecified atom stereocenters. The Labute approximate surface area is 132 Å². The minimum atomic E-state index is -0.286. The van der Waals surface area contributed by atoms with Crippen molar-refractivity contribution < 1.29 is 14.3 Å². The minimum Gasteiger partial charge on any atom is -0.492 e. The average Bonchev–Trinajstić information content (AvgIpc) is 2.77. The fourth-order valence-electron chi connectivity index (χ4n) is 4.46. The van der Waals surface area contributed by atoms with Gasteiger partial charge in [-0.2, -0.15) is 0 Å². The highest BCUT2D eigenvalue weighted by Crippen LogP contribution is 2.56. The van der Waals surface area contributed by atoms with Gasteiger partial charge in [0, 0.05) is 22.1 Å². The summed E-state index contributed by atoms with van der Waals surface area (Å²) in [7, 11) is 1.49. The summed E-state index contributed by atoms with van der Waals surface area (Å²) in [5.41, 5.74) is 2.80. The molecule has 0 bridgehead atoms. The molecule has 0 aromatic heterocycles. The van der Waals surface area contributed by atoms with E-state index in [1.165, 1.54) is 12.7 Å². The van der Waals surface area contributed by atoms with Gasteiger partial charge in [-0.25, -0.2) is 0 Å². The Morgan fingerprint density at radius 1 is 1.27 bits per heavy atom. The van der Waals surface area contributed by atoms with Crippen LogP contribution in [0.1, 0.15) is 47.0 Å². The van der Waals surface area contributed by atoms with Crippen molar-refractivity contribution in [3.8, 4) is 0 Å². The zero-order chi connectivity index (χ0) is 16.2. The molecule has 118 valence electrons. The summed E-state index contributed by atoms with van der Waals surface area (Å²) >= 11 is 0. The fraction of sp³-hybridized carbons (Fsp3) is 0.579. The van der Waals surface area contributed by atoms with Gasteiger partial charge in [0.2, 0.25) is 5.78 Å². The van der Waals surface area contributed by atoms with E-state index in [9.17, 15) is 9.59 Å². The molecule has 0 aliphatic heterocycles. The Balaban J connectivity index is 2.18. The molecule has 3 nitrogen and oxygen atoms in total. The van der Waals surface area contributed by atoms with E-state index in [1.807, 2.05) is 19.9 Å². The zero-order valence-corrected chi connectivity index (χ0v) is 14.1. The van der Waals surface area contributed by atoms with E-state index in [4.69, 9.17) is 4.74 Å². The van der Waals surface area contributed by atoms with Crippen molar-refractivity contribution >= 4 is 11.6 Å². The second kappa shape index (κ2) is 4.94. The van der Waals surface area contributed by atoms with Crippen molar-refractivity contribution in [1.29, 1.82) is 0 Å². The summed E-state index contributed by atoms with van der Waals surface area (Å²) in [6, 6.07) is 0. The predicted molar refractivity (Wildman–Crippen MR) is 85.1 cm³/mol. The third-order valence-electron chi connectivity index (χ3n) is 5.55. The summed E-state index contributed by atoms with van der Waals surface area (Å²) in [6.07, 6.45) is 5.17. The topological polar surface area (TPSA) is 43.4 Å². The monoisotopic (exact) mass is 300 g/mol. The molecule has 3 aliphatic rings. The van der Waals surface area contributed by atoms with E-state index < -0.39 is 0 Å². The molecule has 0 aromatic carbocycles. The molecule has 0 amide bonds. The van der Waals surface area contributed by atoms with Crippen molar-refractivity contribution in [3.63, 3.8) is 0 Å². The number of rotatable bonds is 2. The van der Waals surface area contributed by atoms with Crippen molar-refractivity contribution in [2.75, 3.05) is 7.11 Å². The van der Waals surface area contributed by atoms with Crippen LogP contribution < -0.4 is 0 Å². The van der Waals surface area contributed by atoms with Crippen molar-refractivity contribution in [1.82, 2.24) is 0 Å². The first-order chi connectivity index (χ1) is 10.3. The molecule has 22 heavy (non-hydrogen) atoms. The predicted octanol–water partition coefficient (Wildman–Crippen LogP) is 3.76. The maximum atomic E-state index is 13.0. The molecular weight excluding hydrogens is 276 g/mol. The average molecular weight is 300 g/mol. The molecular formula is C19H24O3. The lowest BCUT2D eigenvalue weighted by molar-refractivity contribution is -0.119. The van der Waals surface area contributed by atoms with Crippen molar-refractivity contribution in [2.45, 2.75) is 47.0 Å². The number of hydrogen-bond acceptors (Lipinski definition) is 3. The summed E-state index contributed by atoms with van der Waals surface area (Å²) in [5, 5.41) is 0. The number of ketones is 2. The number of allylic oxidation sites excluding steroid dienone is 5. The van der Waals surface area contributed by atoms with Crippen molar-refractivity contribution in [2.24, 2.45) is 17.3 Å². The normalized spacial score (nSPS) is 31.5. The van der Waals surface area contributed by atoms with Gasteiger partial charge >= 0.3 is 0 Å². The lowest BCUT2D eigenvalue weighted by atomic mass is 9.64. The molecule has 2 atom stereocenters. The second-order valence-corrected chi connectivity index (χ2v) is 7.27. The van der Waals surface area contributed by atoms with Gasteiger partial charge in [0.15, 0.2) is 11.5 Å². The van der Waals surface area contributed by atoms with Gasteiger partial charge in [-0.15, -0.1) is 0 Å². The van der Waals surface area contributed by atoms with E-state index in [0.29, 0.717) is 22.6 Å². The van der Waals surface area contributed by atoms with Gasteiger partial charge in [-0.3, -0.25) is 9.59 Å². The standard InChI is InChI=1S/C19H24O3/c1-10(2)14-16(20)12-9-13-11(3)7-6-8-19(13,4)15(12)17(21)18(14)22-5/h9-11H,6-8H2,1-5H3. The zero-order valence-electron chi connectivity index (χ0n) is 14.1. The smallest absolute Gasteiger partial charge is 0.225 e. The number of hydrogen-bond donors (Lipinski definition) is 0. The van der Waals surface area contributed by atoms with E-state index >= 15 is 0 Å². The Kier molecular flexibility index (Phi) is 3.42. The maximum absolute atomic E-state index is 13.0. The van der Waals surface area contributed by atoms with Crippen LogP contribution >= 0.6 is 0 Å². The molecule has 0 aromatic rings. The first-order valence-electron chi connectivity index (χ1n) is 8.17. The molecule has 1 saturated carbocycles. The Morgan fingerprint density at radius 3 is 2.55 bits per heavy atom. The molecule has 3 aliphatic carbocycles. The largest absolute Gasteiger partial charge is 0.492 e. The van der Waals surface area contributed by atoms with Crippen LogP contribution in [0.4, 0.5) is 0 Å². The molecule has 0 saturated heterocycles. The maximum Gasteiger partial charge on any atom is 0.225 e. The molecule has 1 fully saturated rings. The number of methoxy groups -OCH3 is 1. The highest BCUT2D eigenvalue weighted by atomic mass is 16.5. The highest BCUT2D eigenvalue weighted by molar-refractivity contribution is 6.27. The second-order valence-electron chi connectivity index (χ2n) is 7.27. The Morgan fingerprint density at radius 2 is 1.95 bits per heavy atom. The third-order valence-corrected chi connectivity index (χ3v) is 5.55. The van der Waals surface area contributed by atoms with Gasteiger partial charge in [0.25, 0.3) is 0 Å². The SMILES string of the molecule is COC1=C(C(C)C)C(=O)C2=C(C1=O)C1(C)CCCC(C)C1=C2. The van der Waals surface area contributed by atoms with Gasteiger partial charge in [-0.05, 0) is 24.7 Å². The summed E-state index contributed by atoms with van der Waals surface area (Å²) < 4.78 is 5.36. The van der Waals surface area contributed by atoms with Crippen LogP contribution in [0.3, 0.4) is 0 Å². The van der Waals surface area contributed by atoms with E-state index in [0.717, 1.165) is 19.3 Å². The summed E-state index contributed by atoms with van der Waals surface area (Å²) in [4.78, 5) is 26.0. The van der Waals surface area contributed by atoms with Crippen LogP contribution in [0.15, 0.2) is 34.1 Å². The van der Waals surface area contributed by atoms with Crippen LogP contribution in [0, 0.1) is 17.3 Å². The Hall–Kier alpha value is -1.64. The van der Waals surface area contributed by atoms with Gasteiger partial charge < -0.3 is 4.74 Å². The molecule has 0 N–H and O–H groups in total. The van der Waals surface area contributed by atoms with Gasteiger partial charge in [0.05, 0.1) is 7.11 Å². The first kappa shape index (κ1) is 15.3. The van der Waals surface area contributed by atoms with E-state index in [-0.39, 0.29) is 28.7 Å². The lowest BCUT2D eigenvalue weighted by Crippen LogP contribution is -2.35. The highest BCUT2D eigenvalue weighted by Gasteiger charge is 2.51. The number of carbonyl (C=O) groups excluding carboxylic acids is 2. The quantitative estimate of drug-likeness (QED) is 0.729. The molecule has 3 heteroatoms. The van der Waals surface area contributed by atoms with Gasteiger partial charge in [-0.1, -0.05) is 45.8 Å². The summed E-state index contributed by atoms with van der Waals surface area (Å²) in [6.45, 7) is 8.19. The third kappa shape index (κ3) is 1.81. The number of carbonyl (C=O) groups is 2. The Bertz CT molecular complexity index is 660. The summed E-state index contributed by atoms with van der Waals surface area (Å²) in [5.74, 6) is 0.568. The number of Topliss-reactive ketones (excluding diaryl/α,β-unsaturated/α-hetero) is 2. The molecule has 0 heterocycles. The van der Waals surface area contributed by atoms with Crippen LogP contribution in [0.25, 0.3) is 0 Å². The minimum absolute atomic E-state index is 0.0169. The lowest BCUT2D eigenvalue weighted by Gasteiger charge is -2.39.